The zero-order chi connectivity index (χ0) is 12.1. The highest BCUT2D eigenvalue weighted by atomic mass is 16.7. The number of rotatable bonds is 5. The van der Waals surface area contributed by atoms with E-state index in [9.17, 15) is 10.2 Å². The van der Waals surface area contributed by atoms with Gasteiger partial charge in [0.15, 0.2) is 6.29 Å². The van der Waals surface area contributed by atoms with Crippen LogP contribution in [-0.2, 0) is 14.2 Å². The predicted molar refractivity (Wildman–Crippen MR) is 54.8 cm³/mol. The maximum atomic E-state index is 9.82. The summed E-state index contributed by atoms with van der Waals surface area (Å²) in [7, 11) is 1.38. The molecule has 1 saturated heterocycles. The maximum Gasteiger partial charge on any atom is 0.186 e. The lowest BCUT2D eigenvalue weighted by Gasteiger charge is -2.41. The molecule has 0 aromatic rings. The third-order valence-corrected chi connectivity index (χ3v) is 2.58. The zero-order valence-electron chi connectivity index (χ0n) is 9.57. The van der Waals surface area contributed by atoms with Crippen molar-refractivity contribution in [3.8, 4) is 0 Å². The van der Waals surface area contributed by atoms with Gasteiger partial charge in [-0.2, -0.15) is 0 Å². The minimum Gasteiger partial charge on any atom is -0.394 e. The first kappa shape index (κ1) is 13.8. The van der Waals surface area contributed by atoms with Gasteiger partial charge >= 0.3 is 0 Å². The van der Waals surface area contributed by atoms with Crippen molar-refractivity contribution in [3.05, 3.63) is 0 Å². The summed E-state index contributed by atoms with van der Waals surface area (Å²) in [4.78, 5) is 0. The normalized spacial score (nSPS) is 39.9. The van der Waals surface area contributed by atoms with Gasteiger partial charge in [-0.1, -0.05) is 6.92 Å². The molecule has 0 bridgehead atoms. The zero-order valence-corrected chi connectivity index (χ0v) is 9.57. The van der Waals surface area contributed by atoms with Gasteiger partial charge in [-0.25, -0.2) is 0 Å². The van der Waals surface area contributed by atoms with Gasteiger partial charge < -0.3 is 29.5 Å². The summed E-state index contributed by atoms with van der Waals surface area (Å²) in [5.74, 6) is 0. The van der Waals surface area contributed by atoms with Gasteiger partial charge in [-0.15, -0.1) is 0 Å². The highest BCUT2D eigenvalue weighted by molar-refractivity contribution is 4.89. The van der Waals surface area contributed by atoms with Crippen molar-refractivity contribution in [1.29, 1.82) is 0 Å². The first-order chi connectivity index (χ1) is 7.65. The number of hydrogen-bond donors (Lipinski definition) is 3. The molecule has 0 spiro atoms. The molecule has 16 heavy (non-hydrogen) atoms. The van der Waals surface area contributed by atoms with E-state index in [1.807, 2.05) is 6.92 Å². The Kier molecular flexibility index (Phi) is 5.60. The molecule has 1 heterocycles. The van der Waals surface area contributed by atoms with Crippen molar-refractivity contribution >= 4 is 0 Å². The maximum absolute atomic E-state index is 9.82. The topological polar surface area (TPSA) is 88.4 Å². The van der Waals surface area contributed by atoms with Crippen LogP contribution in [0.4, 0.5) is 0 Å². The minimum absolute atomic E-state index is 0.347. The third kappa shape index (κ3) is 2.91. The Hall–Kier alpha value is -0.240. The van der Waals surface area contributed by atoms with Crippen LogP contribution in [0.3, 0.4) is 0 Å². The van der Waals surface area contributed by atoms with Gasteiger partial charge in [-0.05, 0) is 6.42 Å². The summed E-state index contributed by atoms with van der Waals surface area (Å²) in [6, 6.07) is 0. The first-order valence-corrected chi connectivity index (χ1v) is 5.42. The lowest BCUT2D eigenvalue weighted by molar-refractivity contribution is -0.304. The van der Waals surface area contributed by atoms with Gasteiger partial charge in [0.2, 0.25) is 0 Å². The fraction of sp³-hybridized carbons (Fsp3) is 1.00. The van der Waals surface area contributed by atoms with E-state index in [-0.39, 0.29) is 6.61 Å². The highest BCUT2D eigenvalue weighted by Gasteiger charge is 2.45. The van der Waals surface area contributed by atoms with Crippen LogP contribution in [0.15, 0.2) is 0 Å². The van der Waals surface area contributed by atoms with E-state index >= 15 is 0 Å². The summed E-state index contributed by atoms with van der Waals surface area (Å²) in [5.41, 5.74) is 0. The van der Waals surface area contributed by atoms with Crippen molar-refractivity contribution in [2.24, 2.45) is 0 Å². The van der Waals surface area contributed by atoms with Crippen LogP contribution in [0.25, 0.3) is 0 Å². The quantitative estimate of drug-likeness (QED) is 0.559. The molecule has 3 N–H and O–H groups in total. The monoisotopic (exact) mass is 236 g/mol. The number of hydrogen-bond acceptors (Lipinski definition) is 6. The second-order valence-electron chi connectivity index (χ2n) is 3.78. The summed E-state index contributed by atoms with van der Waals surface area (Å²) in [6.07, 6.45) is -3.81. The second kappa shape index (κ2) is 6.48. The average Bonchev–Trinajstić information content (AvgIpc) is 2.29. The van der Waals surface area contributed by atoms with Crippen molar-refractivity contribution in [2.45, 2.75) is 44.1 Å². The van der Waals surface area contributed by atoms with E-state index in [4.69, 9.17) is 19.3 Å². The Morgan fingerprint density at radius 3 is 2.44 bits per heavy atom. The molecule has 1 fully saturated rings. The van der Waals surface area contributed by atoms with Crippen LogP contribution in [0, 0.1) is 0 Å². The largest absolute Gasteiger partial charge is 0.394 e. The summed E-state index contributed by atoms with van der Waals surface area (Å²) in [6.45, 7) is 2.02. The number of ether oxygens (including phenoxy) is 3. The summed E-state index contributed by atoms with van der Waals surface area (Å²) >= 11 is 0. The van der Waals surface area contributed by atoms with Crippen LogP contribution >= 0.6 is 0 Å². The fourth-order valence-electron chi connectivity index (χ4n) is 1.70. The van der Waals surface area contributed by atoms with Crippen LogP contribution in [0.1, 0.15) is 13.3 Å². The van der Waals surface area contributed by atoms with Gasteiger partial charge in [-0.3, -0.25) is 0 Å². The lowest BCUT2D eigenvalue weighted by Crippen LogP contribution is -2.59. The number of methoxy groups -OCH3 is 1. The van der Waals surface area contributed by atoms with Crippen LogP contribution in [-0.4, -0.2) is 66.3 Å². The Labute approximate surface area is 94.7 Å². The highest BCUT2D eigenvalue weighted by Crippen LogP contribution is 2.23. The molecule has 1 rings (SSSR count). The Morgan fingerprint density at radius 2 is 1.94 bits per heavy atom. The third-order valence-electron chi connectivity index (χ3n) is 2.58. The number of aliphatic hydroxyl groups excluding tert-OH is 3. The molecule has 0 unspecified atom stereocenters. The second-order valence-corrected chi connectivity index (χ2v) is 3.78. The molecule has 0 aliphatic carbocycles. The van der Waals surface area contributed by atoms with E-state index in [0.717, 1.165) is 6.42 Å². The molecule has 6 heteroatoms. The fourth-order valence-corrected chi connectivity index (χ4v) is 1.70. The first-order valence-electron chi connectivity index (χ1n) is 5.42. The lowest BCUT2D eigenvalue weighted by atomic mass is 9.99. The van der Waals surface area contributed by atoms with Gasteiger partial charge in [0, 0.05) is 13.7 Å². The molecule has 1 aliphatic rings. The molecule has 0 aromatic heterocycles. The SMILES string of the molecule is CCCO[C@H]1O[C@H](CO)[C@H](O)[C@H](OC)[C@H]1O. The molecule has 1 aliphatic heterocycles. The molecule has 6 nitrogen and oxygen atoms in total. The van der Waals surface area contributed by atoms with E-state index in [1.54, 1.807) is 0 Å². The van der Waals surface area contributed by atoms with Gasteiger partial charge in [0.05, 0.1) is 6.61 Å². The van der Waals surface area contributed by atoms with E-state index in [1.165, 1.54) is 7.11 Å². The van der Waals surface area contributed by atoms with Crippen LogP contribution in [0.5, 0.6) is 0 Å². The van der Waals surface area contributed by atoms with Crippen molar-refractivity contribution in [1.82, 2.24) is 0 Å². The molecule has 0 amide bonds. The molecule has 0 radical (unpaired) electrons. The van der Waals surface area contributed by atoms with Crippen LogP contribution in [0.2, 0.25) is 0 Å². The van der Waals surface area contributed by atoms with Gasteiger partial charge in [0.25, 0.3) is 0 Å². The molecule has 96 valence electrons. The molecule has 0 saturated carbocycles. The molecule has 0 aromatic carbocycles. The van der Waals surface area contributed by atoms with Crippen LogP contribution < -0.4 is 0 Å². The smallest absolute Gasteiger partial charge is 0.186 e. The summed E-state index contributed by atoms with van der Waals surface area (Å²) in [5, 5.41) is 28.6. The predicted octanol–water partition coefficient (Wildman–Crippen LogP) is -1.13. The summed E-state index contributed by atoms with van der Waals surface area (Å²) < 4.78 is 15.5. The minimum atomic E-state index is -1.06. The van der Waals surface area contributed by atoms with E-state index < -0.39 is 30.7 Å². The van der Waals surface area contributed by atoms with Crippen molar-refractivity contribution < 1.29 is 29.5 Å². The number of aliphatic hydroxyl groups is 3. The average molecular weight is 236 g/mol. The molecular formula is C10H20O6. The Bertz CT molecular complexity index is 200. The van der Waals surface area contributed by atoms with Crippen molar-refractivity contribution in [2.75, 3.05) is 20.3 Å². The van der Waals surface area contributed by atoms with Crippen molar-refractivity contribution in [3.63, 3.8) is 0 Å². The van der Waals surface area contributed by atoms with E-state index in [2.05, 4.69) is 0 Å². The standard InChI is InChI=1S/C10H20O6/c1-3-4-15-10-8(13)9(14-2)7(12)6(5-11)16-10/h6-13H,3-5H2,1-2H3/t6-,7+,8-,9+,10+/m1/s1. The molecule has 5 atom stereocenters. The van der Waals surface area contributed by atoms with E-state index in [0.29, 0.717) is 6.61 Å². The van der Waals surface area contributed by atoms with Gasteiger partial charge in [0.1, 0.15) is 24.4 Å². The Morgan fingerprint density at radius 1 is 1.25 bits per heavy atom. The molecular weight excluding hydrogens is 216 g/mol. The Balaban J connectivity index is 2.64.